The van der Waals surface area contributed by atoms with Crippen molar-refractivity contribution in [3.05, 3.63) is 48.5 Å². The smallest absolute Gasteiger partial charge is 0.256 e. The predicted octanol–water partition coefficient (Wildman–Crippen LogP) is 2.46. The first kappa shape index (κ1) is 16.3. The van der Waals surface area contributed by atoms with E-state index in [1.165, 1.54) is 6.33 Å². The summed E-state index contributed by atoms with van der Waals surface area (Å²) in [6.07, 6.45) is 4.76. The number of hydrogen-bond donors (Lipinski definition) is 1. The topological polar surface area (TPSA) is 94.3 Å². The highest BCUT2D eigenvalue weighted by molar-refractivity contribution is 6.06. The molecule has 1 aliphatic heterocycles. The first-order valence-electron chi connectivity index (χ1n) is 8.38. The molecule has 1 fully saturated rings. The normalized spacial score (nSPS) is 19.5. The molecule has 1 amide bonds. The number of carbonyl (C=O) groups excluding carboxylic acids is 1. The summed E-state index contributed by atoms with van der Waals surface area (Å²) in [5, 5.41) is 2.80. The van der Waals surface area contributed by atoms with Crippen molar-refractivity contribution < 1.29 is 9.53 Å². The molecule has 1 N–H and O–H groups in total. The molecule has 8 heteroatoms. The van der Waals surface area contributed by atoms with Crippen LogP contribution in [0.5, 0.6) is 0 Å². The summed E-state index contributed by atoms with van der Waals surface area (Å²) < 4.78 is 7.86. The molecule has 2 aromatic heterocycles. The molecule has 0 radical (unpaired) electrons. The van der Waals surface area contributed by atoms with E-state index in [2.05, 4.69) is 32.0 Å². The van der Waals surface area contributed by atoms with Crippen LogP contribution in [-0.4, -0.2) is 44.8 Å². The van der Waals surface area contributed by atoms with Crippen LogP contribution in [0.25, 0.3) is 11.2 Å². The molecule has 0 saturated carbocycles. The van der Waals surface area contributed by atoms with Crippen LogP contribution in [0.3, 0.4) is 0 Å². The van der Waals surface area contributed by atoms with Crippen LogP contribution in [0.2, 0.25) is 0 Å². The van der Waals surface area contributed by atoms with E-state index < -0.39 is 0 Å². The monoisotopic (exact) mass is 350 g/mol. The Morgan fingerprint density at radius 1 is 1.27 bits per heavy atom. The summed E-state index contributed by atoms with van der Waals surface area (Å²) in [5.74, 6) is 0.138. The molecule has 8 nitrogen and oxygen atoms in total. The van der Waals surface area contributed by atoms with Gasteiger partial charge in [-0.25, -0.2) is 15.0 Å². The van der Waals surface area contributed by atoms with Crippen LogP contribution < -0.4 is 5.32 Å². The fraction of sp³-hybridized carbons (Fsp3) is 0.278. The number of imidazole rings is 1. The van der Waals surface area contributed by atoms with E-state index in [1.54, 1.807) is 18.5 Å². The molecular formula is C18H18N6O2. The van der Waals surface area contributed by atoms with Gasteiger partial charge in [-0.05, 0) is 31.7 Å². The number of hydrogen-bond acceptors (Lipinski definition) is 6. The van der Waals surface area contributed by atoms with Crippen molar-refractivity contribution >= 4 is 29.6 Å². The van der Waals surface area contributed by atoms with E-state index >= 15 is 0 Å². The average Bonchev–Trinajstić information content (AvgIpc) is 3.30. The number of amides is 1. The van der Waals surface area contributed by atoms with Crippen LogP contribution in [0.4, 0.5) is 5.82 Å². The van der Waals surface area contributed by atoms with Gasteiger partial charge in [0.05, 0.1) is 19.0 Å². The van der Waals surface area contributed by atoms with Crippen LogP contribution in [-0.2, 0) is 4.74 Å². The van der Waals surface area contributed by atoms with Gasteiger partial charge in [-0.2, -0.15) is 0 Å². The maximum absolute atomic E-state index is 12.4. The highest BCUT2D eigenvalue weighted by Gasteiger charge is 2.28. The second-order valence-corrected chi connectivity index (χ2v) is 6.06. The van der Waals surface area contributed by atoms with Gasteiger partial charge >= 0.3 is 0 Å². The van der Waals surface area contributed by atoms with E-state index in [0.717, 1.165) is 12.8 Å². The minimum absolute atomic E-state index is 0.0639. The predicted molar refractivity (Wildman–Crippen MR) is 97.3 cm³/mol. The van der Waals surface area contributed by atoms with E-state index in [0.29, 0.717) is 29.1 Å². The zero-order valence-corrected chi connectivity index (χ0v) is 14.1. The summed E-state index contributed by atoms with van der Waals surface area (Å²) in [6, 6.07) is 8.97. The van der Waals surface area contributed by atoms with Gasteiger partial charge in [0.15, 0.2) is 17.0 Å². The Morgan fingerprint density at radius 2 is 2.12 bits per heavy atom. The molecule has 4 rings (SSSR count). The van der Waals surface area contributed by atoms with E-state index in [9.17, 15) is 4.79 Å². The molecule has 132 valence electrons. The van der Waals surface area contributed by atoms with Crippen molar-refractivity contribution in [3.8, 4) is 0 Å². The van der Waals surface area contributed by atoms with Crippen molar-refractivity contribution in [1.82, 2.24) is 19.5 Å². The van der Waals surface area contributed by atoms with Crippen molar-refractivity contribution in [2.75, 3.05) is 11.9 Å². The number of nitrogens with one attached hydrogen (secondary N) is 1. The molecule has 0 unspecified atom stereocenters. The number of ether oxygens (including phenoxy) is 1. The largest absolute Gasteiger partial charge is 0.353 e. The Morgan fingerprint density at radius 3 is 2.92 bits per heavy atom. The van der Waals surface area contributed by atoms with E-state index in [4.69, 9.17) is 4.74 Å². The van der Waals surface area contributed by atoms with Crippen molar-refractivity contribution in [3.63, 3.8) is 0 Å². The molecule has 0 spiro atoms. The molecule has 3 heterocycles. The third-order valence-electron chi connectivity index (χ3n) is 4.35. The fourth-order valence-corrected chi connectivity index (χ4v) is 3.09. The second-order valence-electron chi connectivity index (χ2n) is 6.06. The number of benzene rings is 1. The summed E-state index contributed by atoms with van der Waals surface area (Å²) in [7, 11) is 0. The Kier molecular flexibility index (Phi) is 4.40. The second kappa shape index (κ2) is 7.01. The van der Waals surface area contributed by atoms with E-state index in [-0.39, 0.29) is 18.2 Å². The summed E-state index contributed by atoms with van der Waals surface area (Å²) in [6.45, 7) is 4.10. The standard InChI is InChI=1S/C18H18N6O2/c1-19-9-13-7-8-14(26-13)24-11-22-15-16(20-10-21-17(15)24)23-18(25)12-5-3-2-4-6-12/h2-6,10-11,13-14H,1,7-9H2,(H,20,21,23,25)/t13-,14+/m0/s1. The lowest BCUT2D eigenvalue weighted by molar-refractivity contribution is 0.00899. The van der Waals surface area contributed by atoms with Gasteiger partial charge in [-0.15, -0.1) is 0 Å². The third kappa shape index (κ3) is 3.06. The van der Waals surface area contributed by atoms with Crippen LogP contribution in [0.1, 0.15) is 29.4 Å². The summed E-state index contributed by atoms with van der Waals surface area (Å²) >= 11 is 0. The molecule has 26 heavy (non-hydrogen) atoms. The lowest BCUT2D eigenvalue weighted by Crippen LogP contribution is -2.14. The fourth-order valence-electron chi connectivity index (χ4n) is 3.09. The Balaban J connectivity index is 1.59. The first-order chi connectivity index (χ1) is 12.8. The molecule has 0 aliphatic carbocycles. The van der Waals surface area contributed by atoms with Crippen LogP contribution in [0, 0.1) is 0 Å². The van der Waals surface area contributed by atoms with Gasteiger partial charge in [0.2, 0.25) is 0 Å². The molecule has 3 aromatic rings. The van der Waals surface area contributed by atoms with E-state index in [1.807, 2.05) is 22.8 Å². The average molecular weight is 350 g/mol. The molecule has 1 saturated heterocycles. The van der Waals surface area contributed by atoms with Crippen molar-refractivity contribution in [2.45, 2.75) is 25.2 Å². The number of aromatic nitrogens is 4. The Hall–Kier alpha value is -3.13. The minimum atomic E-state index is -0.241. The van der Waals surface area contributed by atoms with Gasteiger partial charge in [0.1, 0.15) is 12.6 Å². The number of rotatable bonds is 5. The lowest BCUT2D eigenvalue weighted by atomic mass is 10.2. The molecular weight excluding hydrogens is 332 g/mol. The molecule has 1 aliphatic rings. The summed E-state index contributed by atoms with van der Waals surface area (Å²) in [5.41, 5.74) is 1.71. The number of nitrogens with zero attached hydrogens (tertiary/aromatic N) is 5. The number of carbonyl (C=O) groups is 1. The maximum Gasteiger partial charge on any atom is 0.256 e. The van der Waals surface area contributed by atoms with Gasteiger partial charge in [-0.1, -0.05) is 18.2 Å². The quantitative estimate of drug-likeness (QED) is 0.713. The highest BCUT2D eigenvalue weighted by atomic mass is 16.5. The van der Waals surface area contributed by atoms with Crippen LogP contribution in [0.15, 0.2) is 48.0 Å². The molecule has 0 bridgehead atoms. The van der Waals surface area contributed by atoms with Gasteiger partial charge in [0, 0.05) is 5.56 Å². The van der Waals surface area contributed by atoms with Crippen molar-refractivity contribution in [2.24, 2.45) is 4.99 Å². The van der Waals surface area contributed by atoms with Gasteiger partial charge < -0.3 is 10.1 Å². The number of fused-ring (bicyclic) bond motifs is 1. The Bertz CT molecular complexity index is 939. The lowest BCUT2D eigenvalue weighted by Gasteiger charge is -2.14. The first-order valence-corrected chi connectivity index (χ1v) is 8.38. The molecule has 1 aromatic carbocycles. The van der Waals surface area contributed by atoms with Gasteiger partial charge in [0.25, 0.3) is 5.91 Å². The highest BCUT2D eigenvalue weighted by Crippen LogP contribution is 2.31. The zero-order valence-electron chi connectivity index (χ0n) is 14.1. The zero-order chi connectivity index (χ0) is 17.9. The molecule has 2 atom stereocenters. The van der Waals surface area contributed by atoms with Crippen molar-refractivity contribution in [1.29, 1.82) is 0 Å². The Labute approximate surface area is 150 Å². The minimum Gasteiger partial charge on any atom is -0.353 e. The third-order valence-corrected chi connectivity index (χ3v) is 4.35. The maximum atomic E-state index is 12.4. The number of aliphatic imine (C=N–C) groups is 1. The van der Waals surface area contributed by atoms with Crippen LogP contribution >= 0.6 is 0 Å². The van der Waals surface area contributed by atoms with Gasteiger partial charge in [-0.3, -0.25) is 14.4 Å². The summed E-state index contributed by atoms with van der Waals surface area (Å²) in [4.78, 5) is 29.2. The SMILES string of the molecule is C=NC[C@@H]1CC[C@H](n2cnc3c(NC(=O)c4ccccc4)ncnc32)O1. The number of anilines is 1.